The van der Waals surface area contributed by atoms with Crippen LogP contribution in [0.2, 0.25) is 0 Å². The Bertz CT molecular complexity index is 1910. The van der Waals surface area contributed by atoms with Gasteiger partial charge in [-0.3, -0.25) is 29.0 Å². The number of benzene rings is 3. The van der Waals surface area contributed by atoms with E-state index < -0.39 is 73.4 Å². The summed E-state index contributed by atoms with van der Waals surface area (Å²) in [5, 5.41) is 49.7. The normalized spacial score (nSPS) is 25.9. The molecule has 2 heterocycles. The smallest absolute Gasteiger partial charge is 0.488 e. The predicted octanol–water partition coefficient (Wildman–Crippen LogP) is -0.186. The molecule has 3 aromatic rings. The number of imide groups is 2. The van der Waals surface area contributed by atoms with Crippen LogP contribution in [0.5, 0.6) is 17.2 Å². The topological polar surface area (TPSA) is 194 Å². The van der Waals surface area contributed by atoms with Crippen LogP contribution in [0.1, 0.15) is 24.3 Å². The number of ether oxygens (including phenoxy) is 2. The lowest BCUT2D eigenvalue weighted by Crippen LogP contribution is -2.43. The van der Waals surface area contributed by atoms with Crippen LogP contribution in [-0.4, -0.2) is 77.3 Å². The van der Waals surface area contributed by atoms with Gasteiger partial charge in [0.2, 0.25) is 29.4 Å². The summed E-state index contributed by atoms with van der Waals surface area (Å²) in [6.45, 7) is 0. The largest absolute Gasteiger partial charge is 0.502 e. The van der Waals surface area contributed by atoms with Gasteiger partial charge in [0.1, 0.15) is 0 Å². The number of carbonyl (C=O) groups excluding carboxylic acids is 4. The molecule has 0 bridgehead atoms. The van der Waals surface area contributed by atoms with Crippen LogP contribution in [0.3, 0.4) is 0 Å². The molecular weight excluding hydrogens is 634 g/mol. The second-order valence-corrected chi connectivity index (χ2v) is 12.8. The van der Waals surface area contributed by atoms with Crippen molar-refractivity contribution < 1.29 is 53.9 Å². The van der Waals surface area contributed by atoms with E-state index in [-0.39, 0.29) is 52.4 Å². The van der Waals surface area contributed by atoms with E-state index in [2.05, 4.69) is 0 Å². The lowest BCUT2D eigenvalue weighted by Gasteiger charge is -2.44. The van der Waals surface area contributed by atoms with E-state index in [0.29, 0.717) is 11.1 Å². The number of allylic oxidation sites excluding steroid dienone is 2. The van der Waals surface area contributed by atoms with Crippen LogP contribution in [0.4, 0.5) is 11.4 Å². The number of nitrogens with zero attached hydrogens (tertiary/aromatic N) is 2. The van der Waals surface area contributed by atoms with Gasteiger partial charge in [-0.2, -0.15) is 0 Å². The molecule has 13 nitrogen and oxygen atoms in total. The number of hydrogen-bond donors (Lipinski definition) is 5. The molecule has 4 aliphatic rings. The Kier molecular flexibility index (Phi) is 8.10. The molecule has 49 heavy (non-hydrogen) atoms. The molecule has 0 spiro atoms. The summed E-state index contributed by atoms with van der Waals surface area (Å²) in [5.41, 5.74) is 1.74. The van der Waals surface area contributed by atoms with Crippen molar-refractivity contribution >= 4 is 60.2 Å². The minimum atomic E-state index is -1.83. The quantitative estimate of drug-likeness (QED) is 0.128. The lowest BCUT2D eigenvalue weighted by molar-refractivity contribution is -0.126. The third-order valence-corrected chi connectivity index (χ3v) is 10.4. The SMILES string of the molecule is COc1cc([C@H]2C3=CC[C@@H]4C(=O)N(c5cccc(B(O)O)c5)C(=O)[C@@H]4[C@@H]3C[C@H]3C(=O)N(c4cccc(B(O)O)c4)C(=O)[C@@H]23)cc(OC)c1O. The van der Waals surface area contributed by atoms with E-state index in [1.165, 1.54) is 62.8 Å². The molecule has 250 valence electrons. The van der Waals surface area contributed by atoms with E-state index >= 15 is 0 Å². The summed E-state index contributed by atoms with van der Waals surface area (Å²) in [5.74, 6) is -7.01. The number of phenols is 1. The number of amides is 4. The first-order valence-corrected chi connectivity index (χ1v) is 15.8. The fourth-order valence-corrected chi connectivity index (χ4v) is 8.21. The highest BCUT2D eigenvalue weighted by atomic mass is 16.5. The maximum Gasteiger partial charge on any atom is 0.488 e. The number of carbonyl (C=O) groups is 4. The second kappa shape index (κ2) is 12.2. The summed E-state index contributed by atoms with van der Waals surface area (Å²) < 4.78 is 10.9. The highest BCUT2D eigenvalue weighted by molar-refractivity contribution is 6.59. The average Bonchev–Trinajstić information content (AvgIpc) is 3.50. The summed E-state index contributed by atoms with van der Waals surface area (Å²) in [6.07, 6.45) is 2.14. The number of phenolic OH excluding ortho intramolecular Hbond substituents is 1. The van der Waals surface area contributed by atoms with Crippen LogP contribution >= 0.6 is 0 Å². The Hall–Kier alpha value is -4.95. The zero-order chi connectivity index (χ0) is 34.9. The molecule has 6 atom stereocenters. The number of rotatable bonds is 7. The number of anilines is 2. The lowest BCUT2D eigenvalue weighted by atomic mass is 9.57. The van der Waals surface area contributed by atoms with E-state index in [1.807, 2.05) is 6.08 Å². The molecule has 2 aliphatic heterocycles. The molecule has 5 N–H and O–H groups in total. The highest BCUT2D eigenvalue weighted by Gasteiger charge is 2.62. The van der Waals surface area contributed by atoms with Gasteiger partial charge in [0.15, 0.2) is 11.5 Å². The molecule has 2 aliphatic carbocycles. The summed E-state index contributed by atoms with van der Waals surface area (Å²) in [7, 11) is -0.911. The molecule has 3 fully saturated rings. The van der Waals surface area contributed by atoms with Crippen molar-refractivity contribution in [3.63, 3.8) is 0 Å². The predicted molar refractivity (Wildman–Crippen MR) is 176 cm³/mol. The van der Waals surface area contributed by atoms with Crippen molar-refractivity contribution in [1.29, 1.82) is 0 Å². The van der Waals surface area contributed by atoms with Gasteiger partial charge < -0.3 is 34.7 Å². The molecule has 4 amide bonds. The Balaban J connectivity index is 1.35. The molecule has 0 radical (unpaired) electrons. The Morgan fingerprint density at radius 2 is 1.18 bits per heavy atom. The van der Waals surface area contributed by atoms with Gasteiger partial charge in [-0.15, -0.1) is 0 Å². The van der Waals surface area contributed by atoms with Crippen LogP contribution in [-0.2, 0) is 19.2 Å². The fraction of sp³-hybridized carbons (Fsp3) is 0.294. The van der Waals surface area contributed by atoms with Crippen molar-refractivity contribution in [1.82, 2.24) is 0 Å². The first kappa shape index (κ1) is 32.6. The maximum atomic E-state index is 14.4. The number of fused-ring (bicyclic) bond motifs is 4. The molecule has 3 aromatic carbocycles. The molecule has 0 unspecified atom stereocenters. The van der Waals surface area contributed by atoms with Gasteiger partial charge in [0.25, 0.3) is 0 Å². The summed E-state index contributed by atoms with van der Waals surface area (Å²) in [4.78, 5) is 58.9. The number of methoxy groups -OCH3 is 2. The van der Waals surface area contributed by atoms with Gasteiger partial charge in [-0.1, -0.05) is 35.9 Å². The molecular formula is C34H32B2N2O11. The second-order valence-electron chi connectivity index (χ2n) is 12.8. The zero-order valence-corrected chi connectivity index (χ0v) is 26.5. The Morgan fingerprint density at radius 3 is 1.69 bits per heavy atom. The molecule has 1 saturated carbocycles. The third-order valence-electron chi connectivity index (χ3n) is 10.4. The third kappa shape index (κ3) is 5.03. The Labute approximate surface area is 281 Å². The zero-order valence-electron chi connectivity index (χ0n) is 26.5. The van der Waals surface area contributed by atoms with Crippen LogP contribution in [0, 0.1) is 29.6 Å². The van der Waals surface area contributed by atoms with E-state index in [0.717, 1.165) is 9.80 Å². The van der Waals surface area contributed by atoms with Gasteiger partial charge in [-0.25, -0.2) is 0 Å². The molecule has 7 rings (SSSR count). The molecule has 0 aromatic heterocycles. The van der Waals surface area contributed by atoms with Gasteiger partial charge in [-0.05, 0) is 71.6 Å². The molecule has 15 heteroatoms. The first-order chi connectivity index (χ1) is 23.5. The van der Waals surface area contributed by atoms with Gasteiger partial charge in [0.05, 0.1) is 49.3 Å². The van der Waals surface area contributed by atoms with Crippen LogP contribution in [0.25, 0.3) is 0 Å². The van der Waals surface area contributed by atoms with Gasteiger partial charge >= 0.3 is 14.2 Å². The van der Waals surface area contributed by atoms with E-state index in [1.54, 1.807) is 12.1 Å². The number of aromatic hydroxyl groups is 1. The number of hydrogen-bond acceptors (Lipinski definition) is 11. The Morgan fingerprint density at radius 1 is 0.673 bits per heavy atom. The first-order valence-electron chi connectivity index (χ1n) is 15.8. The van der Waals surface area contributed by atoms with Crippen molar-refractivity contribution in [2.24, 2.45) is 29.6 Å². The van der Waals surface area contributed by atoms with Crippen molar-refractivity contribution in [3.8, 4) is 17.2 Å². The van der Waals surface area contributed by atoms with Crippen molar-refractivity contribution in [3.05, 3.63) is 77.9 Å². The minimum absolute atomic E-state index is 0.0739. The monoisotopic (exact) mass is 666 g/mol. The summed E-state index contributed by atoms with van der Waals surface area (Å²) >= 11 is 0. The van der Waals surface area contributed by atoms with Crippen molar-refractivity contribution in [2.45, 2.75) is 18.8 Å². The van der Waals surface area contributed by atoms with Crippen LogP contribution in [0.15, 0.2) is 72.3 Å². The average molecular weight is 666 g/mol. The summed E-state index contributed by atoms with van der Waals surface area (Å²) in [6, 6.07) is 14.9. The van der Waals surface area contributed by atoms with Crippen molar-refractivity contribution in [2.75, 3.05) is 24.0 Å². The standard InChI is InChI=1S/C34H32B2N2O11/c1-48-25-11-16(12-26(49-2)30(25)39)27-21-9-10-22-28(33(42)37(31(22)40)19-7-3-5-17(13-19)35(44)45)23(21)15-24-29(27)34(43)38(32(24)41)20-8-4-6-18(14-20)36(46)47/h3-9,11-14,22-24,27-29,39,44-47H,10,15H2,1-2H3/t22-,23+,24+,27-,28-,29+/m0/s1. The fourth-order valence-electron chi connectivity index (χ4n) is 8.21. The van der Waals surface area contributed by atoms with Gasteiger partial charge in [0, 0.05) is 5.92 Å². The maximum absolute atomic E-state index is 14.4. The van der Waals surface area contributed by atoms with Crippen LogP contribution < -0.4 is 30.2 Å². The minimum Gasteiger partial charge on any atom is -0.502 e. The van der Waals surface area contributed by atoms with E-state index in [9.17, 15) is 44.4 Å². The molecule has 2 saturated heterocycles. The van der Waals surface area contributed by atoms with E-state index in [4.69, 9.17) is 9.47 Å². The highest BCUT2D eigenvalue weighted by Crippen LogP contribution is 2.59.